The van der Waals surface area contributed by atoms with Crippen molar-refractivity contribution in [2.24, 2.45) is 7.05 Å². The number of furan rings is 1. The Morgan fingerprint density at radius 2 is 1.96 bits per heavy atom. The lowest BCUT2D eigenvalue weighted by molar-refractivity contribution is 0.0442. The minimum atomic E-state index is -0.835. The molecule has 9 heteroatoms. The predicted molar refractivity (Wildman–Crippen MR) is 88.7 cm³/mol. The molecule has 2 heterocycles. The van der Waals surface area contributed by atoms with Crippen molar-refractivity contribution in [2.75, 3.05) is 12.3 Å². The molecule has 0 unspecified atom stereocenters. The van der Waals surface area contributed by atoms with Crippen molar-refractivity contribution in [3.05, 3.63) is 50.1 Å². The number of hydrogen-bond donors (Lipinski definition) is 1. The largest absolute Gasteiger partial charge is 0.454 e. The van der Waals surface area contributed by atoms with E-state index in [0.717, 1.165) is 9.13 Å². The molecule has 134 valence electrons. The van der Waals surface area contributed by atoms with Crippen LogP contribution in [0.4, 0.5) is 5.82 Å². The highest BCUT2D eigenvalue weighted by atomic mass is 16.5. The van der Waals surface area contributed by atoms with Crippen LogP contribution in [0.5, 0.6) is 0 Å². The molecule has 2 N–H and O–H groups in total. The van der Waals surface area contributed by atoms with Gasteiger partial charge < -0.3 is 14.9 Å². The maximum Gasteiger partial charge on any atom is 0.374 e. The van der Waals surface area contributed by atoms with E-state index in [1.165, 1.54) is 13.1 Å². The molecule has 0 saturated heterocycles. The van der Waals surface area contributed by atoms with Gasteiger partial charge in [-0.3, -0.25) is 18.7 Å². The summed E-state index contributed by atoms with van der Waals surface area (Å²) in [5, 5.41) is 0. The molecular weight excluding hydrogens is 330 g/mol. The minimum Gasteiger partial charge on any atom is -0.454 e. The van der Waals surface area contributed by atoms with Gasteiger partial charge in [-0.2, -0.15) is 0 Å². The van der Waals surface area contributed by atoms with Crippen molar-refractivity contribution >= 4 is 17.6 Å². The first-order chi connectivity index (χ1) is 11.8. The van der Waals surface area contributed by atoms with E-state index in [0.29, 0.717) is 12.2 Å². The van der Waals surface area contributed by atoms with Crippen molar-refractivity contribution in [1.29, 1.82) is 0 Å². The summed E-state index contributed by atoms with van der Waals surface area (Å²) in [5.74, 6) is -1.40. The number of nitrogen functional groups attached to an aromatic ring is 1. The third-order valence-electron chi connectivity index (χ3n) is 3.59. The number of Topliss-reactive ketones (excluding diaryl/α,β-unsaturated/α-hetero) is 1. The van der Waals surface area contributed by atoms with E-state index in [1.54, 1.807) is 13.0 Å². The van der Waals surface area contributed by atoms with Crippen LogP contribution in [-0.4, -0.2) is 27.5 Å². The van der Waals surface area contributed by atoms with E-state index in [9.17, 15) is 19.2 Å². The molecular formula is C16H19N3O6. The normalized spacial score (nSPS) is 10.7. The van der Waals surface area contributed by atoms with Crippen LogP contribution < -0.4 is 17.0 Å². The van der Waals surface area contributed by atoms with Gasteiger partial charge >= 0.3 is 11.7 Å². The minimum absolute atomic E-state index is 0.0536. The van der Waals surface area contributed by atoms with E-state index in [2.05, 4.69) is 0 Å². The second-order valence-electron chi connectivity index (χ2n) is 5.47. The highest BCUT2D eigenvalue weighted by Gasteiger charge is 2.23. The highest BCUT2D eigenvalue weighted by molar-refractivity contribution is 6.01. The Morgan fingerprint density at radius 1 is 1.28 bits per heavy atom. The standard InChI is InChI=1S/C16H19N3O6/c1-4-7-19-13(17)12(14(21)18(3)16(19)23)10(20)8-24-15(22)11-6-5-9(2)25-11/h5-6H,4,7-8,17H2,1-3H3. The zero-order chi connectivity index (χ0) is 18.7. The highest BCUT2D eigenvalue weighted by Crippen LogP contribution is 2.10. The molecule has 9 nitrogen and oxygen atoms in total. The Hall–Kier alpha value is -3.10. The summed E-state index contributed by atoms with van der Waals surface area (Å²) in [6.45, 7) is 3.04. The molecule has 25 heavy (non-hydrogen) atoms. The van der Waals surface area contributed by atoms with Crippen LogP contribution >= 0.6 is 0 Å². The number of hydrogen-bond acceptors (Lipinski definition) is 7. The number of ketones is 1. The van der Waals surface area contributed by atoms with Crippen LogP contribution in [0.1, 0.15) is 40.0 Å². The van der Waals surface area contributed by atoms with E-state index in [4.69, 9.17) is 14.9 Å². The molecule has 0 saturated carbocycles. The average Bonchev–Trinajstić information content (AvgIpc) is 3.01. The van der Waals surface area contributed by atoms with Gasteiger partial charge in [-0.25, -0.2) is 9.59 Å². The fourth-order valence-corrected chi connectivity index (χ4v) is 2.30. The zero-order valence-electron chi connectivity index (χ0n) is 14.2. The van der Waals surface area contributed by atoms with Crippen LogP contribution in [0.3, 0.4) is 0 Å². The first kappa shape index (κ1) is 18.2. The second-order valence-corrected chi connectivity index (χ2v) is 5.47. The third-order valence-corrected chi connectivity index (χ3v) is 3.59. The molecule has 0 fully saturated rings. The maximum atomic E-state index is 12.3. The lowest BCUT2D eigenvalue weighted by Crippen LogP contribution is -2.43. The van der Waals surface area contributed by atoms with Gasteiger partial charge in [0.2, 0.25) is 11.5 Å². The average molecular weight is 349 g/mol. The van der Waals surface area contributed by atoms with Crippen molar-refractivity contribution < 1.29 is 18.7 Å². The summed E-state index contributed by atoms with van der Waals surface area (Å²) in [7, 11) is 1.25. The first-order valence-corrected chi connectivity index (χ1v) is 7.64. The Kier molecular flexibility index (Phi) is 5.26. The van der Waals surface area contributed by atoms with Crippen molar-refractivity contribution in [1.82, 2.24) is 9.13 Å². The smallest absolute Gasteiger partial charge is 0.374 e. The number of carbonyl (C=O) groups excluding carboxylic acids is 2. The van der Waals surface area contributed by atoms with E-state index >= 15 is 0 Å². The second kappa shape index (κ2) is 7.20. The number of carbonyl (C=O) groups is 2. The Balaban J connectivity index is 2.28. The van der Waals surface area contributed by atoms with Crippen molar-refractivity contribution in [3.63, 3.8) is 0 Å². The van der Waals surface area contributed by atoms with E-state index in [-0.39, 0.29) is 23.7 Å². The Labute approximate surface area is 142 Å². The fraction of sp³-hybridized carbons (Fsp3) is 0.375. The lowest BCUT2D eigenvalue weighted by Gasteiger charge is -2.13. The van der Waals surface area contributed by atoms with Gasteiger partial charge in [-0.05, 0) is 25.5 Å². The fourth-order valence-electron chi connectivity index (χ4n) is 2.30. The van der Waals surface area contributed by atoms with Crippen molar-refractivity contribution in [2.45, 2.75) is 26.8 Å². The number of esters is 1. The molecule has 0 radical (unpaired) electrons. The van der Waals surface area contributed by atoms with Gasteiger partial charge in [0.25, 0.3) is 5.56 Å². The number of nitrogens with two attached hydrogens (primary N) is 1. The molecule has 0 amide bonds. The number of aromatic nitrogens is 2. The summed E-state index contributed by atoms with van der Waals surface area (Å²) in [4.78, 5) is 48.4. The van der Waals surface area contributed by atoms with Gasteiger partial charge in [0.05, 0.1) is 0 Å². The number of ether oxygens (including phenoxy) is 1. The van der Waals surface area contributed by atoms with Gasteiger partial charge in [-0.1, -0.05) is 6.92 Å². The number of rotatable bonds is 6. The Bertz CT molecular complexity index is 934. The predicted octanol–water partition coefficient (Wildman–Crippen LogP) is 0.480. The van der Waals surface area contributed by atoms with Gasteiger partial charge in [-0.15, -0.1) is 0 Å². The molecule has 2 rings (SSSR count). The SMILES string of the molecule is CCCn1c(N)c(C(=O)COC(=O)c2ccc(C)o2)c(=O)n(C)c1=O. The van der Waals surface area contributed by atoms with E-state index in [1.807, 2.05) is 6.92 Å². The first-order valence-electron chi connectivity index (χ1n) is 7.64. The monoisotopic (exact) mass is 349 g/mol. The third kappa shape index (κ3) is 3.54. The van der Waals surface area contributed by atoms with Gasteiger partial charge in [0, 0.05) is 13.6 Å². The maximum absolute atomic E-state index is 12.3. The van der Waals surface area contributed by atoms with Gasteiger partial charge in [0.15, 0.2) is 6.61 Å². The summed E-state index contributed by atoms with van der Waals surface area (Å²) in [6, 6.07) is 2.99. The molecule has 0 aliphatic heterocycles. The quantitative estimate of drug-likeness (QED) is 0.593. The Morgan fingerprint density at radius 3 is 2.52 bits per heavy atom. The van der Waals surface area contributed by atoms with Crippen molar-refractivity contribution in [3.8, 4) is 0 Å². The van der Waals surface area contributed by atoms with Crippen LogP contribution in [0.2, 0.25) is 0 Å². The summed E-state index contributed by atoms with van der Waals surface area (Å²) < 4.78 is 11.9. The molecule has 0 spiro atoms. The zero-order valence-corrected chi connectivity index (χ0v) is 14.2. The van der Waals surface area contributed by atoms with E-state index < -0.39 is 29.6 Å². The van der Waals surface area contributed by atoms with Gasteiger partial charge in [0.1, 0.15) is 17.1 Å². The summed E-state index contributed by atoms with van der Waals surface area (Å²) in [5.41, 5.74) is 4.02. The number of anilines is 1. The number of nitrogens with zero attached hydrogens (tertiary/aromatic N) is 2. The molecule has 0 aromatic carbocycles. The van der Waals surface area contributed by atoms with Crippen LogP contribution in [-0.2, 0) is 18.3 Å². The summed E-state index contributed by atoms with van der Waals surface area (Å²) in [6.07, 6.45) is 0.586. The molecule has 2 aromatic heterocycles. The lowest BCUT2D eigenvalue weighted by atomic mass is 10.2. The van der Waals surface area contributed by atoms with Crippen LogP contribution in [0, 0.1) is 6.92 Å². The molecule has 0 aliphatic carbocycles. The molecule has 0 aliphatic rings. The molecule has 2 aromatic rings. The molecule has 0 atom stereocenters. The molecule has 0 bridgehead atoms. The van der Waals surface area contributed by atoms with Crippen LogP contribution in [0.25, 0.3) is 0 Å². The number of aryl methyl sites for hydroxylation is 1. The summed E-state index contributed by atoms with van der Waals surface area (Å²) >= 11 is 0. The van der Waals surface area contributed by atoms with Crippen LogP contribution in [0.15, 0.2) is 26.1 Å². The topological polar surface area (TPSA) is 127 Å².